The van der Waals surface area contributed by atoms with Crippen LogP contribution in [0.15, 0.2) is 60.9 Å². The Balaban J connectivity index is 1.36. The van der Waals surface area contributed by atoms with E-state index in [-0.39, 0.29) is 18.0 Å². The molecule has 3 aromatic heterocycles. The van der Waals surface area contributed by atoms with Gasteiger partial charge in [0.2, 0.25) is 0 Å². The smallest absolute Gasteiger partial charge is 0.154 e. The molecule has 0 amide bonds. The number of anilines is 2. The van der Waals surface area contributed by atoms with E-state index in [2.05, 4.69) is 19.8 Å². The second-order valence-corrected chi connectivity index (χ2v) is 8.80. The quantitative estimate of drug-likeness (QED) is 0.516. The van der Waals surface area contributed by atoms with Gasteiger partial charge in [-0.15, -0.1) is 5.10 Å². The molecule has 1 unspecified atom stereocenters. The normalized spacial score (nSPS) is 20.8. The SMILES string of the molecule is O[C@@H]1CCN(c2cc(-c3cnc4ccc(N5CCCC5c5cccc(F)c5)nn34)ccn2)C1. The largest absolute Gasteiger partial charge is 0.391 e. The number of aromatic nitrogens is 4. The molecule has 2 aliphatic rings. The van der Waals surface area contributed by atoms with Crippen molar-refractivity contribution >= 4 is 17.3 Å². The third kappa shape index (κ3) is 3.70. The molecular weight excluding hydrogens is 419 g/mol. The van der Waals surface area contributed by atoms with Gasteiger partial charge in [-0.25, -0.2) is 18.9 Å². The van der Waals surface area contributed by atoms with Crippen molar-refractivity contribution in [3.63, 3.8) is 0 Å². The monoisotopic (exact) mass is 444 g/mol. The van der Waals surface area contributed by atoms with Crippen LogP contribution < -0.4 is 9.80 Å². The van der Waals surface area contributed by atoms with Crippen LogP contribution in [0.5, 0.6) is 0 Å². The van der Waals surface area contributed by atoms with Gasteiger partial charge in [-0.2, -0.15) is 0 Å². The van der Waals surface area contributed by atoms with Gasteiger partial charge in [0, 0.05) is 31.4 Å². The predicted molar refractivity (Wildman–Crippen MR) is 125 cm³/mol. The minimum absolute atomic E-state index is 0.103. The van der Waals surface area contributed by atoms with E-state index in [1.807, 2.05) is 41.0 Å². The van der Waals surface area contributed by atoms with Crippen LogP contribution in [0, 0.1) is 5.82 Å². The van der Waals surface area contributed by atoms with Crippen LogP contribution >= 0.6 is 0 Å². The van der Waals surface area contributed by atoms with E-state index in [0.717, 1.165) is 66.5 Å². The Labute approximate surface area is 191 Å². The average molecular weight is 445 g/mol. The molecule has 1 N–H and O–H groups in total. The molecule has 2 atom stereocenters. The summed E-state index contributed by atoms with van der Waals surface area (Å²) in [5.74, 6) is 1.49. The first-order valence-electron chi connectivity index (χ1n) is 11.4. The lowest BCUT2D eigenvalue weighted by atomic mass is 10.0. The summed E-state index contributed by atoms with van der Waals surface area (Å²) >= 11 is 0. The highest BCUT2D eigenvalue weighted by Crippen LogP contribution is 2.36. The number of hydrogen-bond donors (Lipinski definition) is 1. The summed E-state index contributed by atoms with van der Waals surface area (Å²) in [6.07, 6.45) is 6.08. The van der Waals surface area contributed by atoms with E-state index < -0.39 is 0 Å². The summed E-state index contributed by atoms with van der Waals surface area (Å²) in [5, 5.41) is 14.8. The molecule has 0 saturated carbocycles. The molecule has 2 saturated heterocycles. The highest BCUT2D eigenvalue weighted by molar-refractivity contribution is 5.67. The Morgan fingerprint density at radius 3 is 2.76 bits per heavy atom. The van der Waals surface area contributed by atoms with E-state index in [4.69, 9.17) is 5.10 Å². The van der Waals surface area contributed by atoms with Crippen molar-refractivity contribution in [1.29, 1.82) is 0 Å². The Morgan fingerprint density at radius 1 is 0.970 bits per heavy atom. The Hall–Kier alpha value is -3.52. The van der Waals surface area contributed by atoms with Crippen molar-refractivity contribution in [2.75, 3.05) is 29.4 Å². The lowest BCUT2D eigenvalue weighted by molar-refractivity contribution is 0.198. The summed E-state index contributed by atoms with van der Waals surface area (Å²) in [6.45, 7) is 2.27. The zero-order valence-electron chi connectivity index (χ0n) is 18.2. The number of imidazole rings is 1. The maximum atomic E-state index is 13.9. The highest BCUT2D eigenvalue weighted by atomic mass is 19.1. The van der Waals surface area contributed by atoms with Crippen LogP contribution in [0.4, 0.5) is 16.0 Å². The zero-order chi connectivity index (χ0) is 22.4. The third-order valence-corrected chi connectivity index (χ3v) is 6.66. The molecule has 0 bridgehead atoms. The number of aliphatic hydroxyl groups is 1. The van der Waals surface area contributed by atoms with Crippen molar-refractivity contribution in [2.24, 2.45) is 0 Å². The second kappa shape index (κ2) is 8.12. The van der Waals surface area contributed by atoms with E-state index in [1.165, 1.54) is 6.07 Å². The minimum Gasteiger partial charge on any atom is -0.391 e. The molecule has 2 fully saturated rings. The molecule has 0 aliphatic carbocycles. The first-order valence-corrected chi connectivity index (χ1v) is 11.4. The Bertz CT molecular complexity index is 1310. The topological polar surface area (TPSA) is 69.8 Å². The lowest BCUT2D eigenvalue weighted by Crippen LogP contribution is -2.24. The maximum Gasteiger partial charge on any atom is 0.154 e. The molecule has 7 nitrogen and oxygen atoms in total. The van der Waals surface area contributed by atoms with Crippen molar-refractivity contribution in [1.82, 2.24) is 19.6 Å². The number of β-amino-alcohol motifs (C(OH)–C–C–N with tert-alkyl or cyclic N) is 1. The fraction of sp³-hybridized carbons (Fsp3) is 0.320. The highest BCUT2D eigenvalue weighted by Gasteiger charge is 2.28. The van der Waals surface area contributed by atoms with Gasteiger partial charge in [0.15, 0.2) is 5.65 Å². The fourth-order valence-corrected chi connectivity index (χ4v) is 5.02. The zero-order valence-corrected chi connectivity index (χ0v) is 18.2. The standard InChI is InChI=1S/C25H25FN6O/c26-19-4-1-3-17(13-19)21-5-2-11-31(21)24-7-6-23-28-15-22(32(23)29-24)18-8-10-27-25(14-18)30-12-9-20(33)16-30/h1,3-4,6-8,10,13-15,20-21,33H,2,5,9,11-12,16H2/t20-,21?/m1/s1. The van der Waals surface area contributed by atoms with Gasteiger partial charge >= 0.3 is 0 Å². The second-order valence-electron chi connectivity index (χ2n) is 8.80. The summed E-state index contributed by atoms with van der Waals surface area (Å²) < 4.78 is 15.7. The number of fused-ring (bicyclic) bond motifs is 1. The Morgan fingerprint density at radius 2 is 1.91 bits per heavy atom. The average Bonchev–Trinajstić information content (AvgIpc) is 3.58. The first-order chi connectivity index (χ1) is 16.2. The fourth-order valence-electron chi connectivity index (χ4n) is 5.02. The summed E-state index contributed by atoms with van der Waals surface area (Å²) in [5.41, 5.74) is 3.61. The summed E-state index contributed by atoms with van der Waals surface area (Å²) in [7, 11) is 0. The van der Waals surface area contributed by atoms with E-state index in [1.54, 1.807) is 18.3 Å². The van der Waals surface area contributed by atoms with Crippen LogP contribution in [0.1, 0.15) is 30.9 Å². The van der Waals surface area contributed by atoms with Crippen LogP contribution in [0.2, 0.25) is 0 Å². The number of pyridine rings is 1. The van der Waals surface area contributed by atoms with Crippen molar-refractivity contribution in [2.45, 2.75) is 31.4 Å². The number of aliphatic hydroxyl groups excluding tert-OH is 1. The van der Waals surface area contributed by atoms with Gasteiger partial charge in [-0.1, -0.05) is 12.1 Å². The molecule has 8 heteroatoms. The van der Waals surface area contributed by atoms with Gasteiger partial charge in [-0.3, -0.25) is 0 Å². The van der Waals surface area contributed by atoms with Gasteiger partial charge in [0.25, 0.3) is 0 Å². The molecule has 168 valence electrons. The van der Waals surface area contributed by atoms with Crippen molar-refractivity contribution in [3.05, 3.63) is 72.3 Å². The third-order valence-electron chi connectivity index (χ3n) is 6.66. The predicted octanol–water partition coefficient (Wildman–Crippen LogP) is 3.84. The molecule has 4 aromatic rings. The lowest BCUT2D eigenvalue weighted by Gasteiger charge is -2.26. The molecule has 2 aliphatic heterocycles. The van der Waals surface area contributed by atoms with Gasteiger partial charge in [0.05, 0.1) is 24.0 Å². The molecule has 0 spiro atoms. The van der Waals surface area contributed by atoms with E-state index in [9.17, 15) is 9.50 Å². The van der Waals surface area contributed by atoms with Gasteiger partial charge < -0.3 is 14.9 Å². The molecule has 1 aromatic carbocycles. The van der Waals surface area contributed by atoms with Crippen molar-refractivity contribution < 1.29 is 9.50 Å². The number of halogens is 1. The minimum atomic E-state index is -0.304. The Kier molecular flexibility index (Phi) is 4.95. The summed E-state index contributed by atoms with van der Waals surface area (Å²) in [6, 6.07) is 14.9. The van der Waals surface area contributed by atoms with Gasteiger partial charge in [0.1, 0.15) is 17.5 Å². The number of hydrogen-bond acceptors (Lipinski definition) is 6. The summed E-state index contributed by atoms with van der Waals surface area (Å²) in [4.78, 5) is 13.4. The molecule has 6 rings (SSSR count). The van der Waals surface area contributed by atoms with Crippen LogP contribution in [0.3, 0.4) is 0 Å². The number of nitrogens with zero attached hydrogens (tertiary/aromatic N) is 6. The van der Waals surface area contributed by atoms with Gasteiger partial charge in [-0.05, 0) is 61.2 Å². The maximum absolute atomic E-state index is 13.9. The van der Waals surface area contributed by atoms with Crippen LogP contribution in [-0.2, 0) is 0 Å². The van der Waals surface area contributed by atoms with Crippen molar-refractivity contribution in [3.8, 4) is 11.3 Å². The number of benzene rings is 1. The molecule has 33 heavy (non-hydrogen) atoms. The molecular formula is C25H25FN6O. The first kappa shape index (κ1) is 20.1. The van der Waals surface area contributed by atoms with E-state index in [0.29, 0.717) is 6.54 Å². The van der Waals surface area contributed by atoms with E-state index >= 15 is 0 Å². The molecule has 5 heterocycles. The molecule has 0 radical (unpaired) electrons. The number of rotatable bonds is 4. The van der Waals surface area contributed by atoms with Crippen LogP contribution in [0.25, 0.3) is 16.9 Å². The van der Waals surface area contributed by atoms with Crippen LogP contribution in [-0.4, -0.2) is 50.4 Å².